The van der Waals surface area contributed by atoms with Crippen molar-refractivity contribution in [2.45, 2.75) is 49.7 Å². The molecular formula is C36H30O4. The summed E-state index contributed by atoms with van der Waals surface area (Å²) in [4.78, 5) is 0. The Morgan fingerprint density at radius 2 is 0.875 bits per heavy atom. The van der Waals surface area contributed by atoms with E-state index in [1.165, 1.54) is 66.1 Å². The van der Waals surface area contributed by atoms with Gasteiger partial charge in [-0.25, -0.2) is 0 Å². The second kappa shape index (κ2) is 7.87. The van der Waals surface area contributed by atoms with Crippen LogP contribution in [-0.2, 0) is 13.2 Å². The van der Waals surface area contributed by atoms with Crippen molar-refractivity contribution >= 4 is 21.5 Å². The Balaban J connectivity index is 1.26. The third-order valence-electron chi connectivity index (χ3n) is 10.4. The molecule has 0 aliphatic heterocycles. The van der Waals surface area contributed by atoms with Crippen molar-refractivity contribution in [3.8, 4) is 11.5 Å². The summed E-state index contributed by atoms with van der Waals surface area (Å²) in [6.45, 7) is 0.111. The lowest BCUT2D eigenvalue weighted by atomic mass is 9.76. The van der Waals surface area contributed by atoms with Crippen LogP contribution in [-0.4, -0.2) is 24.4 Å². The lowest BCUT2D eigenvalue weighted by Crippen LogP contribution is -2.14. The molecule has 0 saturated heterocycles. The van der Waals surface area contributed by atoms with Crippen LogP contribution in [0.25, 0.3) is 21.5 Å². The van der Waals surface area contributed by atoms with Gasteiger partial charge >= 0.3 is 0 Å². The molecule has 5 aromatic rings. The Kier molecular flexibility index (Phi) is 4.51. The van der Waals surface area contributed by atoms with E-state index < -0.39 is 0 Å². The number of methoxy groups -OCH3 is 2. The Hall–Kier alpha value is -3.86. The third kappa shape index (κ3) is 2.69. The average Bonchev–Trinajstić information content (AvgIpc) is 3.75. The van der Waals surface area contributed by atoms with E-state index in [4.69, 9.17) is 9.47 Å². The minimum Gasteiger partial charge on any atom is -0.496 e. The van der Waals surface area contributed by atoms with Gasteiger partial charge in [-0.05, 0) is 79.9 Å². The van der Waals surface area contributed by atoms with Crippen LogP contribution >= 0.6 is 0 Å². The van der Waals surface area contributed by atoms with E-state index in [0.29, 0.717) is 11.8 Å². The number of benzene rings is 5. The van der Waals surface area contributed by atoms with Gasteiger partial charge in [-0.15, -0.1) is 0 Å². The Morgan fingerprint density at radius 1 is 0.525 bits per heavy atom. The molecule has 0 saturated carbocycles. The molecule has 2 N–H and O–H groups in total. The molecule has 0 spiro atoms. The summed E-state index contributed by atoms with van der Waals surface area (Å²) in [5.74, 6) is 3.32. The number of aliphatic hydroxyl groups is 2. The van der Waals surface area contributed by atoms with Crippen molar-refractivity contribution in [3.05, 3.63) is 116 Å². The molecule has 0 radical (unpaired) electrons. The molecule has 4 aliphatic carbocycles. The molecule has 0 unspecified atom stereocenters. The molecule has 0 fully saturated rings. The maximum Gasteiger partial charge on any atom is 0.127 e. The minimum absolute atomic E-state index is 0.0553. The first-order valence-corrected chi connectivity index (χ1v) is 14.3. The zero-order valence-electron chi connectivity index (χ0n) is 22.6. The van der Waals surface area contributed by atoms with Gasteiger partial charge in [0.05, 0.1) is 27.4 Å². The molecule has 4 aliphatic rings. The highest BCUT2D eigenvalue weighted by molar-refractivity contribution is 5.89. The molecule has 5 aromatic carbocycles. The second-order valence-corrected chi connectivity index (χ2v) is 12.0. The Bertz CT molecular complexity index is 1800. The van der Waals surface area contributed by atoms with Crippen molar-refractivity contribution in [2.75, 3.05) is 14.2 Å². The minimum atomic E-state index is 0.0553. The molecule has 0 amide bonds. The van der Waals surface area contributed by atoms with Crippen molar-refractivity contribution in [3.63, 3.8) is 0 Å². The highest BCUT2D eigenvalue weighted by Gasteiger charge is 2.52. The van der Waals surface area contributed by atoms with Gasteiger partial charge < -0.3 is 19.7 Å². The first kappa shape index (κ1) is 22.9. The zero-order chi connectivity index (χ0) is 26.9. The van der Waals surface area contributed by atoms with E-state index >= 15 is 0 Å². The quantitative estimate of drug-likeness (QED) is 0.266. The second-order valence-electron chi connectivity index (χ2n) is 12.0. The smallest absolute Gasteiger partial charge is 0.127 e. The van der Waals surface area contributed by atoms with E-state index in [1.807, 2.05) is 26.4 Å². The highest BCUT2D eigenvalue weighted by atomic mass is 16.5. The lowest BCUT2D eigenvalue weighted by molar-refractivity contribution is 0.282. The summed E-state index contributed by atoms with van der Waals surface area (Å²) in [5, 5.41) is 24.2. The fourth-order valence-corrected chi connectivity index (χ4v) is 8.84. The molecule has 40 heavy (non-hydrogen) atoms. The van der Waals surface area contributed by atoms with Crippen LogP contribution in [0.15, 0.2) is 60.7 Å². The first-order valence-electron chi connectivity index (χ1n) is 14.3. The average molecular weight is 527 g/mol. The predicted octanol–water partition coefficient (Wildman–Crippen LogP) is 6.96. The summed E-state index contributed by atoms with van der Waals surface area (Å²) in [7, 11) is 3.68. The third-order valence-corrected chi connectivity index (χ3v) is 10.4. The fraction of sp³-hybridized carbons (Fsp3) is 0.278. The van der Waals surface area contributed by atoms with Crippen molar-refractivity contribution in [1.29, 1.82) is 0 Å². The van der Waals surface area contributed by atoms with Crippen LogP contribution in [0.4, 0.5) is 0 Å². The van der Waals surface area contributed by atoms with E-state index in [-0.39, 0.29) is 25.0 Å². The van der Waals surface area contributed by atoms with Crippen LogP contribution in [0.2, 0.25) is 0 Å². The van der Waals surface area contributed by atoms with E-state index in [9.17, 15) is 10.2 Å². The van der Waals surface area contributed by atoms with Crippen LogP contribution in [0.5, 0.6) is 11.5 Å². The largest absolute Gasteiger partial charge is 0.496 e. The molecule has 0 aromatic heterocycles. The van der Waals surface area contributed by atoms with Gasteiger partial charge in [-0.1, -0.05) is 48.5 Å². The van der Waals surface area contributed by atoms with Crippen LogP contribution in [0.1, 0.15) is 92.1 Å². The molecule has 9 rings (SSSR count). The van der Waals surface area contributed by atoms with Gasteiger partial charge in [-0.3, -0.25) is 0 Å². The molecule has 4 nitrogen and oxygen atoms in total. The van der Waals surface area contributed by atoms with Crippen LogP contribution in [0, 0.1) is 0 Å². The molecule has 4 bridgehead atoms. The van der Waals surface area contributed by atoms with E-state index in [1.54, 1.807) is 0 Å². The van der Waals surface area contributed by atoms with Crippen molar-refractivity contribution < 1.29 is 19.7 Å². The number of ether oxygens (including phenoxy) is 2. The summed E-state index contributed by atoms with van der Waals surface area (Å²) in [5.41, 5.74) is 12.8. The van der Waals surface area contributed by atoms with Gasteiger partial charge in [0.1, 0.15) is 11.5 Å². The van der Waals surface area contributed by atoms with Gasteiger partial charge in [0.25, 0.3) is 0 Å². The Labute approximate surface area is 232 Å². The Morgan fingerprint density at radius 3 is 1.20 bits per heavy atom. The standard InChI is InChI=1S/C36H30O4/c1-39-35-31-27-13-29(25-11-21-7-17(15-37)3-5-19(21)9-23(25)27)33(31)36(40-2)34-30-14-28(32(34)35)24-10-20-6-4-18(16-38)8-22(20)12-26(24)30/h3-12,27-30,37-38H,13-16H2,1-2H3/t27-,28+,29+,30-. The van der Waals surface area contributed by atoms with Crippen molar-refractivity contribution in [2.24, 2.45) is 0 Å². The topological polar surface area (TPSA) is 58.9 Å². The SMILES string of the molecule is COc1c2c(c(OC)c3c1[C@H]1C[C@@H]3c3cc4cc(CO)ccc4cc31)[C@H]1C[C@@H]2c2cc3ccc(CO)cc3cc21. The molecule has 4 heteroatoms. The number of rotatable bonds is 4. The first-order chi connectivity index (χ1) is 19.6. The van der Waals surface area contributed by atoms with E-state index in [2.05, 4.69) is 48.5 Å². The monoisotopic (exact) mass is 526 g/mol. The summed E-state index contributed by atoms with van der Waals surface area (Å²) >= 11 is 0. The summed E-state index contributed by atoms with van der Waals surface area (Å²) < 4.78 is 12.7. The maximum absolute atomic E-state index is 9.71. The van der Waals surface area contributed by atoms with E-state index in [0.717, 1.165) is 35.5 Å². The summed E-state index contributed by atoms with van der Waals surface area (Å²) in [6, 6.07) is 22.0. The van der Waals surface area contributed by atoms with Crippen LogP contribution < -0.4 is 9.47 Å². The highest BCUT2D eigenvalue weighted by Crippen LogP contribution is 2.69. The van der Waals surface area contributed by atoms with Gasteiger partial charge in [0, 0.05) is 45.9 Å². The zero-order valence-corrected chi connectivity index (χ0v) is 22.6. The van der Waals surface area contributed by atoms with Gasteiger partial charge in [-0.2, -0.15) is 0 Å². The number of hydrogen-bond acceptors (Lipinski definition) is 4. The van der Waals surface area contributed by atoms with Crippen LogP contribution in [0.3, 0.4) is 0 Å². The maximum atomic E-state index is 9.71. The molecule has 198 valence electrons. The molecule has 4 atom stereocenters. The summed E-state index contributed by atoms with van der Waals surface area (Å²) in [6.07, 6.45) is 2.11. The normalized spacial score (nSPS) is 22.5. The van der Waals surface area contributed by atoms with Crippen molar-refractivity contribution in [1.82, 2.24) is 0 Å². The van der Waals surface area contributed by atoms with Gasteiger partial charge in [0.2, 0.25) is 0 Å². The molecular weight excluding hydrogens is 496 g/mol. The number of hydrogen-bond donors (Lipinski definition) is 2. The predicted molar refractivity (Wildman–Crippen MR) is 156 cm³/mol. The number of fused-ring (bicyclic) bond motifs is 18. The fourth-order valence-electron chi connectivity index (χ4n) is 8.84. The molecule has 0 heterocycles. The number of aliphatic hydroxyl groups excluding tert-OH is 2. The van der Waals surface area contributed by atoms with Gasteiger partial charge in [0.15, 0.2) is 0 Å². The lowest BCUT2D eigenvalue weighted by Gasteiger charge is -2.31.